The predicted octanol–water partition coefficient (Wildman–Crippen LogP) is 1.66. The van der Waals surface area contributed by atoms with Crippen molar-refractivity contribution in [2.75, 3.05) is 7.05 Å². The van der Waals surface area contributed by atoms with Crippen molar-refractivity contribution in [3.8, 4) is 0 Å². The van der Waals surface area contributed by atoms with Crippen LogP contribution < -0.4 is 5.32 Å². The van der Waals surface area contributed by atoms with Gasteiger partial charge in [0.25, 0.3) is 0 Å². The van der Waals surface area contributed by atoms with Gasteiger partial charge in [0, 0.05) is 13.2 Å². The van der Waals surface area contributed by atoms with Crippen LogP contribution in [-0.4, -0.2) is 13.0 Å². The molecule has 12 heavy (non-hydrogen) atoms. The minimum atomic E-state index is -0.200. The maximum atomic E-state index is 11.0. The van der Waals surface area contributed by atoms with Gasteiger partial charge in [-0.2, -0.15) is 0 Å². The van der Waals surface area contributed by atoms with E-state index in [-0.39, 0.29) is 11.4 Å². The lowest BCUT2D eigenvalue weighted by Gasteiger charge is -2.15. The molecule has 0 aliphatic rings. The second-order valence-corrected chi connectivity index (χ2v) is 3.82. The molecule has 0 rings (SSSR count). The van der Waals surface area contributed by atoms with Crippen molar-refractivity contribution in [1.29, 1.82) is 0 Å². The number of carbonyl (C=O) groups excluding carboxylic acids is 1. The van der Waals surface area contributed by atoms with Crippen LogP contribution in [0, 0.1) is 5.41 Å². The van der Waals surface area contributed by atoms with Gasteiger partial charge in [-0.15, -0.1) is 0 Å². The molecule has 70 valence electrons. The van der Waals surface area contributed by atoms with Crippen LogP contribution in [-0.2, 0) is 9.53 Å². The lowest BCUT2D eigenvalue weighted by molar-refractivity contribution is -0.140. The molecule has 0 aromatic heterocycles. The van der Waals surface area contributed by atoms with E-state index < -0.39 is 0 Å². The van der Waals surface area contributed by atoms with Gasteiger partial charge < -0.3 is 10.1 Å². The lowest BCUT2D eigenvalue weighted by atomic mass is 9.93. The number of esters is 1. The summed E-state index contributed by atoms with van der Waals surface area (Å²) in [7, 11) is 1.74. The summed E-state index contributed by atoms with van der Waals surface area (Å²) in [6, 6.07) is 0. The third-order valence-corrected chi connectivity index (χ3v) is 1.11. The van der Waals surface area contributed by atoms with Gasteiger partial charge in [-0.1, -0.05) is 20.8 Å². The molecular formula is C9H17NO2. The standard InChI is InChI=1S/C9H17NO2/c1-9(2,3)7-8(11)12-6-5-10-4/h5-6,10H,7H2,1-4H3/b6-5-. The van der Waals surface area contributed by atoms with E-state index in [0.717, 1.165) is 0 Å². The molecule has 3 nitrogen and oxygen atoms in total. The summed E-state index contributed by atoms with van der Waals surface area (Å²) in [5.41, 5.74) is -0.00936. The number of ether oxygens (including phenoxy) is 1. The zero-order valence-corrected chi connectivity index (χ0v) is 8.18. The van der Waals surface area contributed by atoms with Crippen molar-refractivity contribution in [1.82, 2.24) is 5.32 Å². The molecule has 0 aliphatic carbocycles. The van der Waals surface area contributed by atoms with E-state index in [0.29, 0.717) is 6.42 Å². The van der Waals surface area contributed by atoms with E-state index >= 15 is 0 Å². The molecule has 0 spiro atoms. The first-order chi connectivity index (χ1) is 5.45. The van der Waals surface area contributed by atoms with E-state index in [2.05, 4.69) is 5.32 Å². The zero-order chi connectivity index (χ0) is 9.61. The Morgan fingerprint density at radius 2 is 2.08 bits per heavy atom. The number of hydrogen-bond acceptors (Lipinski definition) is 3. The van der Waals surface area contributed by atoms with Crippen LogP contribution in [0.1, 0.15) is 27.2 Å². The highest BCUT2D eigenvalue weighted by Gasteiger charge is 2.16. The second kappa shape index (κ2) is 4.80. The number of hydrogen-bond donors (Lipinski definition) is 1. The fourth-order valence-corrected chi connectivity index (χ4v) is 0.653. The minimum absolute atomic E-state index is 0.00936. The highest BCUT2D eigenvalue weighted by molar-refractivity contribution is 5.70. The SMILES string of the molecule is CN/C=C\OC(=O)CC(C)(C)C. The van der Waals surface area contributed by atoms with E-state index in [1.807, 2.05) is 20.8 Å². The molecule has 0 amide bonds. The van der Waals surface area contributed by atoms with E-state index in [1.54, 1.807) is 13.2 Å². The molecule has 0 aliphatic heterocycles. The van der Waals surface area contributed by atoms with E-state index in [4.69, 9.17) is 4.74 Å². The predicted molar refractivity (Wildman–Crippen MR) is 48.4 cm³/mol. The first kappa shape index (κ1) is 11.0. The topological polar surface area (TPSA) is 38.3 Å². The summed E-state index contributed by atoms with van der Waals surface area (Å²) in [5.74, 6) is -0.200. The monoisotopic (exact) mass is 171 g/mol. The molecular weight excluding hydrogens is 154 g/mol. The smallest absolute Gasteiger partial charge is 0.311 e. The molecule has 1 N–H and O–H groups in total. The summed E-state index contributed by atoms with van der Waals surface area (Å²) in [4.78, 5) is 11.0. The van der Waals surface area contributed by atoms with Gasteiger partial charge in [0.15, 0.2) is 0 Å². The molecule has 3 heteroatoms. The normalized spacial score (nSPS) is 11.7. The summed E-state index contributed by atoms with van der Waals surface area (Å²) >= 11 is 0. The first-order valence-electron chi connectivity index (χ1n) is 3.97. The van der Waals surface area contributed by atoms with Gasteiger partial charge in [0.1, 0.15) is 6.26 Å². The summed E-state index contributed by atoms with van der Waals surface area (Å²) in [6.07, 6.45) is 3.36. The second-order valence-electron chi connectivity index (χ2n) is 3.82. The number of rotatable bonds is 3. The van der Waals surface area contributed by atoms with Crippen LogP contribution in [0.4, 0.5) is 0 Å². The highest BCUT2D eigenvalue weighted by Crippen LogP contribution is 2.18. The Labute approximate surface area is 73.8 Å². The number of nitrogens with one attached hydrogen (secondary N) is 1. The fraction of sp³-hybridized carbons (Fsp3) is 0.667. The van der Waals surface area contributed by atoms with Crippen molar-refractivity contribution in [3.63, 3.8) is 0 Å². The quantitative estimate of drug-likeness (QED) is 0.518. The minimum Gasteiger partial charge on any atom is -0.433 e. The zero-order valence-electron chi connectivity index (χ0n) is 8.18. The molecule has 0 heterocycles. The molecule has 0 fully saturated rings. The molecule has 0 radical (unpaired) electrons. The largest absolute Gasteiger partial charge is 0.433 e. The molecule has 0 saturated heterocycles. The van der Waals surface area contributed by atoms with Gasteiger partial charge in [0.2, 0.25) is 0 Å². The Morgan fingerprint density at radius 3 is 2.50 bits per heavy atom. The van der Waals surface area contributed by atoms with Crippen LogP contribution in [0.15, 0.2) is 12.5 Å². The third-order valence-electron chi connectivity index (χ3n) is 1.11. The first-order valence-corrected chi connectivity index (χ1v) is 3.97. The van der Waals surface area contributed by atoms with Gasteiger partial charge in [-0.05, 0) is 5.41 Å². The Balaban J connectivity index is 3.68. The van der Waals surface area contributed by atoms with Crippen molar-refractivity contribution in [3.05, 3.63) is 12.5 Å². The van der Waals surface area contributed by atoms with Gasteiger partial charge in [0.05, 0.1) is 6.42 Å². The number of carbonyl (C=O) groups is 1. The summed E-state index contributed by atoms with van der Waals surface area (Å²) in [6.45, 7) is 5.99. The van der Waals surface area contributed by atoms with Crippen molar-refractivity contribution in [2.24, 2.45) is 5.41 Å². The molecule has 0 aromatic carbocycles. The van der Waals surface area contributed by atoms with Crippen molar-refractivity contribution in [2.45, 2.75) is 27.2 Å². The van der Waals surface area contributed by atoms with Crippen LogP contribution >= 0.6 is 0 Å². The maximum Gasteiger partial charge on any atom is 0.311 e. The average Bonchev–Trinajstić information content (AvgIpc) is 1.84. The molecule has 0 unspecified atom stereocenters. The van der Waals surface area contributed by atoms with Crippen LogP contribution in [0.25, 0.3) is 0 Å². The Bertz CT molecular complexity index is 168. The Kier molecular flexibility index (Phi) is 4.40. The van der Waals surface area contributed by atoms with Crippen molar-refractivity contribution < 1.29 is 9.53 Å². The average molecular weight is 171 g/mol. The van der Waals surface area contributed by atoms with Crippen LogP contribution in [0.2, 0.25) is 0 Å². The van der Waals surface area contributed by atoms with Gasteiger partial charge >= 0.3 is 5.97 Å². The van der Waals surface area contributed by atoms with Gasteiger partial charge in [-0.3, -0.25) is 4.79 Å². The van der Waals surface area contributed by atoms with Crippen LogP contribution in [0.5, 0.6) is 0 Å². The molecule has 0 aromatic rings. The summed E-state index contributed by atoms with van der Waals surface area (Å²) < 4.78 is 4.78. The molecule has 0 atom stereocenters. The summed E-state index contributed by atoms with van der Waals surface area (Å²) in [5, 5.41) is 2.73. The molecule has 0 saturated carbocycles. The Morgan fingerprint density at radius 1 is 1.50 bits per heavy atom. The lowest BCUT2D eigenvalue weighted by Crippen LogP contribution is -2.13. The highest BCUT2D eigenvalue weighted by atomic mass is 16.5. The maximum absolute atomic E-state index is 11.0. The van der Waals surface area contributed by atoms with E-state index in [1.165, 1.54) is 6.26 Å². The third kappa shape index (κ3) is 7.12. The molecule has 0 bridgehead atoms. The van der Waals surface area contributed by atoms with Crippen LogP contribution in [0.3, 0.4) is 0 Å². The fourth-order valence-electron chi connectivity index (χ4n) is 0.653. The van der Waals surface area contributed by atoms with Crippen molar-refractivity contribution >= 4 is 5.97 Å². The Hall–Kier alpha value is -0.990. The van der Waals surface area contributed by atoms with E-state index in [9.17, 15) is 4.79 Å². The van der Waals surface area contributed by atoms with Gasteiger partial charge in [-0.25, -0.2) is 0 Å².